The van der Waals surface area contributed by atoms with Gasteiger partial charge >= 0.3 is 0 Å². The predicted molar refractivity (Wildman–Crippen MR) is 136 cm³/mol. The Morgan fingerprint density at radius 3 is 2.45 bits per heavy atom. The smallest absolute Gasteiger partial charge is 0.243 e. The van der Waals surface area contributed by atoms with Crippen molar-refractivity contribution in [1.82, 2.24) is 8.87 Å². The molecule has 0 aliphatic carbocycles. The minimum atomic E-state index is -3.53. The number of unbranched alkanes of at least 4 members (excludes halogenated alkanes) is 1. The Bertz CT molecular complexity index is 1240. The van der Waals surface area contributed by atoms with Crippen LogP contribution in [0.1, 0.15) is 40.0 Å². The van der Waals surface area contributed by atoms with Gasteiger partial charge in [0.25, 0.3) is 0 Å². The molecule has 2 aromatic carbocycles. The lowest BCUT2D eigenvalue weighted by atomic mass is 9.94. The molecule has 7 heteroatoms. The van der Waals surface area contributed by atoms with E-state index >= 15 is 0 Å². The lowest BCUT2D eigenvalue weighted by molar-refractivity contribution is 0.222. The van der Waals surface area contributed by atoms with E-state index in [1.165, 1.54) is 0 Å². The van der Waals surface area contributed by atoms with E-state index in [4.69, 9.17) is 4.99 Å². The van der Waals surface area contributed by atoms with E-state index in [1.807, 2.05) is 48.5 Å². The molecule has 1 fully saturated rings. The van der Waals surface area contributed by atoms with Crippen LogP contribution in [0.4, 0.5) is 5.69 Å². The highest BCUT2D eigenvalue weighted by atomic mass is 32.2. The highest BCUT2D eigenvalue weighted by Gasteiger charge is 2.31. The van der Waals surface area contributed by atoms with Gasteiger partial charge in [-0.1, -0.05) is 57.5 Å². The summed E-state index contributed by atoms with van der Waals surface area (Å²) in [7, 11) is -3.53. The van der Waals surface area contributed by atoms with Gasteiger partial charge in [0.1, 0.15) is 0 Å². The molecule has 0 radical (unpaired) electrons. The van der Waals surface area contributed by atoms with Crippen LogP contribution in [-0.2, 0) is 16.6 Å². The van der Waals surface area contributed by atoms with Crippen LogP contribution in [-0.4, -0.2) is 30.4 Å². The van der Waals surface area contributed by atoms with Gasteiger partial charge in [0.2, 0.25) is 10.0 Å². The fourth-order valence-corrected chi connectivity index (χ4v) is 7.24. The Morgan fingerprint density at radius 2 is 1.76 bits per heavy atom. The molecule has 2 unspecified atom stereocenters. The zero-order chi connectivity index (χ0) is 23.4. The van der Waals surface area contributed by atoms with Crippen molar-refractivity contribution in [3.8, 4) is 11.3 Å². The molecule has 0 spiro atoms. The molecule has 1 aliphatic heterocycles. The van der Waals surface area contributed by atoms with Gasteiger partial charge in [-0.05, 0) is 48.9 Å². The molecule has 0 N–H and O–H groups in total. The van der Waals surface area contributed by atoms with Crippen molar-refractivity contribution in [2.45, 2.75) is 51.5 Å². The Morgan fingerprint density at radius 1 is 1.03 bits per heavy atom. The summed E-state index contributed by atoms with van der Waals surface area (Å²) in [6.07, 6.45) is 3.19. The van der Waals surface area contributed by atoms with Gasteiger partial charge in [-0.2, -0.15) is 4.31 Å². The fraction of sp³-hybridized carbons (Fsp3) is 0.423. The van der Waals surface area contributed by atoms with Crippen LogP contribution in [0.5, 0.6) is 0 Å². The number of thiazole rings is 1. The fourth-order valence-electron chi connectivity index (χ4n) is 4.56. The molecule has 1 aliphatic rings. The lowest BCUT2D eigenvalue weighted by Gasteiger charge is -2.34. The molecule has 5 nitrogen and oxygen atoms in total. The van der Waals surface area contributed by atoms with Crippen molar-refractivity contribution in [3.05, 3.63) is 64.8 Å². The highest BCUT2D eigenvalue weighted by molar-refractivity contribution is 7.89. The van der Waals surface area contributed by atoms with Crippen molar-refractivity contribution in [1.29, 1.82) is 0 Å². The molecule has 3 aromatic rings. The van der Waals surface area contributed by atoms with Gasteiger partial charge in [-0.15, -0.1) is 11.3 Å². The molecule has 176 valence electrons. The van der Waals surface area contributed by atoms with Crippen LogP contribution in [0.3, 0.4) is 0 Å². The summed E-state index contributed by atoms with van der Waals surface area (Å²) >= 11 is 1.59. The highest BCUT2D eigenvalue weighted by Crippen LogP contribution is 2.29. The van der Waals surface area contributed by atoms with Gasteiger partial charge < -0.3 is 4.57 Å². The molecule has 0 bridgehead atoms. The quantitative estimate of drug-likeness (QED) is 0.419. The maximum absolute atomic E-state index is 13.5. The van der Waals surface area contributed by atoms with Gasteiger partial charge in [-0.25, -0.2) is 13.4 Å². The van der Waals surface area contributed by atoms with E-state index in [-0.39, 0.29) is 0 Å². The molecule has 2 heterocycles. The van der Waals surface area contributed by atoms with E-state index in [0.29, 0.717) is 29.8 Å². The molecule has 2 atom stereocenters. The molecule has 33 heavy (non-hydrogen) atoms. The first-order valence-corrected chi connectivity index (χ1v) is 14.1. The normalized spacial score (nSPS) is 20.3. The Balaban J connectivity index is 1.73. The SMILES string of the molecule is CCCCn1c(-c2cccc(S(=O)(=O)N3CC(C)CC(C)C3)c2)csc1=Nc1ccccc1. The second kappa shape index (κ2) is 10.4. The van der Waals surface area contributed by atoms with Crippen LogP contribution < -0.4 is 4.80 Å². The lowest BCUT2D eigenvalue weighted by Crippen LogP contribution is -2.42. The third kappa shape index (κ3) is 5.48. The maximum Gasteiger partial charge on any atom is 0.243 e. The molecule has 0 amide bonds. The third-order valence-electron chi connectivity index (χ3n) is 6.12. The minimum Gasteiger partial charge on any atom is -0.316 e. The monoisotopic (exact) mass is 483 g/mol. The van der Waals surface area contributed by atoms with Crippen molar-refractivity contribution >= 4 is 27.0 Å². The summed E-state index contributed by atoms with van der Waals surface area (Å²) in [6, 6.07) is 17.4. The van der Waals surface area contributed by atoms with Crippen molar-refractivity contribution in [2.24, 2.45) is 16.8 Å². The minimum absolute atomic E-state index is 0.371. The maximum atomic E-state index is 13.5. The molecule has 0 saturated carbocycles. The second-order valence-electron chi connectivity index (χ2n) is 9.15. The van der Waals surface area contributed by atoms with Crippen LogP contribution in [0.15, 0.2) is 69.9 Å². The molecule has 1 saturated heterocycles. The van der Waals surface area contributed by atoms with E-state index in [0.717, 1.165) is 47.6 Å². The largest absolute Gasteiger partial charge is 0.316 e. The topological polar surface area (TPSA) is 54.7 Å². The van der Waals surface area contributed by atoms with Gasteiger partial charge in [0.05, 0.1) is 16.3 Å². The third-order valence-corrected chi connectivity index (χ3v) is 8.81. The number of piperidine rings is 1. The number of aromatic nitrogens is 1. The summed E-state index contributed by atoms with van der Waals surface area (Å²) in [5.41, 5.74) is 2.84. The van der Waals surface area contributed by atoms with E-state index < -0.39 is 10.0 Å². The van der Waals surface area contributed by atoms with Crippen LogP contribution in [0, 0.1) is 11.8 Å². The van der Waals surface area contributed by atoms with Crippen molar-refractivity contribution < 1.29 is 8.42 Å². The average Bonchev–Trinajstić information content (AvgIpc) is 3.20. The summed E-state index contributed by atoms with van der Waals surface area (Å²) in [4.78, 5) is 6.16. The Kier molecular flexibility index (Phi) is 7.51. The zero-order valence-corrected chi connectivity index (χ0v) is 21.3. The number of rotatable bonds is 7. The van der Waals surface area contributed by atoms with E-state index in [1.54, 1.807) is 21.7 Å². The van der Waals surface area contributed by atoms with Gasteiger partial charge in [0.15, 0.2) is 4.80 Å². The van der Waals surface area contributed by atoms with Gasteiger partial charge in [0, 0.05) is 30.6 Å². The molecule has 4 rings (SSSR count). The number of para-hydroxylation sites is 1. The second-order valence-corrected chi connectivity index (χ2v) is 11.9. The first-order chi connectivity index (χ1) is 15.9. The molecular formula is C26H33N3O2S2. The van der Waals surface area contributed by atoms with Crippen LogP contribution >= 0.6 is 11.3 Å². The zero-order valence-electron chi connectivity index (χ0n) is 19.6. The summed E-state index contributed by atoms with van der Waals surface area (Å²) in [5, 5.41) is 2.09. The Hall–Kier alpha value is -2.22. The summed E-state index contributed by atoms with van der Waals surface area (Å²) < 4.78 is 30.8. The average molecular weight is 484 g/mol. The van der Waals surface area contributed by atoms with Crippen molar-refractivity contribution in [2.75, 3.05) is 13.1 Å². The first kappa shape index (κ1) is 23.9. The molecular weight excluding hydrogens is 450 g/mol. The van der Waals surface area contributed by atoms with Crippen LogP contribution in [0.2, 0.25) is 0 Å². The Labute approximate surface area is 201 Å². The van der Waals surface area contributed by atoms with Crippen LogP contribution in [0.25, 0.3) is 11.3 Å². The number of nitrogens with zero attached hydrogens (tertiary/aromatic N) is 3. The summed E-state index contributed by atoms with van der Waals surface area (Å²) in [5.74, 6) is 0.754. The summed E-state index contributed by atoms with van der Waals surface area (Å²) in [6.45, 7) is 8.47. The number of sulfonamides is 1. The van der Waals surface area contributed by atoms with E-state index in [2.05, 4.69) is 30.7 Å². The van der Waals surface area contributed by atoms with Crippen molar-refractivity contribution in [3.63, 3.8) is 0 Å². The van der Waals surface area contributed by atoms with E-state index in [9.17, 15) is 8.42 Å². The number of hydrogen-bond acceptors (Lipinski definition) is 4. The standard InChI is InChI=1S/C26H33N3O2S2/c1-4-5-14-29-25(19-32-26(29)27-23-11-7-6-8-12-23)22-10-9-13-24(16-22)33(30,31)28-17-20(2)15-21(3)18-28/h6-13,16,19-21H,4-5,14-15,17-18H2,1-3H3. The van der Waals surface area contributed by atoms with Gasteiger partial charge in [-0.3, -0.25) is 0 Å². The predicted octanol–water partition coefficient (Wildman–Crippen LogP) is 5.92. The number of benzene rings is 2. The number of hydrogen-bond donors (Lipinski definition) is 0. The molecule has 1 aromatic heterocycles. The first-order valence-electron chi connectivity index (χ1n) is 11.8.